The average molecular weight is 352 g/mol. The molecule has 8 heteroatoms. The first-order valence-corrected chi connectivity index (χ1v) is 7.62. The highest BCUT2D eigenvalue weighted by molar-refractivity contribution is 5.94. The lowest BCUT2D eigenvalue weighted by atomic mass is 10.2. The van der Waals surface area contributed by atoms with Gasteiger partial charge in [0.25, 0.3) is 11.6 Å². The van der Waals surface area contributed by atoms with Gasteiger partial charge < -0.3 is 5.32 Å². The van der Waals surface area contributed by atoms with E-state index in [0.717, 1.165) is 5.56 Å². The molecule has 2 aromatic rings. The standard InChI is InChI=1S/C18H16N4O4/c23-17(11-8-14-4-2-1-3-5-14)19-13-18(24)21-20-12-15-6-9-16(10-7-15)22(25)26/h1-12H,13H2,(H,19,23)(H,21,24)/b11-8+,20-12-. The van der Waals surface area contributed by atoms with Crippen LogP contribution < -0.4 is 10.7 Å². The van der Waals surface area contributed by atoms with Crippen LogP contribution in [0.4, 0.5) is 5.69 Å². The summed E-state index contributed by atoms with van der Waals surface area (Å²) >= 11 is 0. The fraction of sp³-hybridized carbons (Fsp3) is 0.0556. The zero-order chi connectivity index (χ0) is 18.8. The van der Waals surface area contributed by atoms with Gasteiger partial charge in [-0.05, 0) is 29.3 Å². The van der Waals surface area contributed by atoms with E-state index in [1.807, 2.05) is 30.3 Å². The molecule has 2 rings (SSSR count). The second-order valence-corrected chi connectivity index (χ2v) is 5.10. The fourth-order valence-electron chi connectivity index (χ4n) is 1.86. The van der Waals surface area contributed by atoms with Crippen LogP contribution in [-0.4, -0.2) is 29.5 Å². The summed E-state index contributed by atoms with van der Waals surface area (Å²) in [5.41, 5.74) is 3.69. The molecule has 0 saturated carbocycles. The molecule has 0 atom stereocenters. The summed E-state index contributed by atoms with van der Waals surface area (Å²) in [6, 6.07) is 15.0. The van der Waals surface area contributed by atoms with Crippen molar-refractivity contribution in [2.45, 2.75) is 0 Å². The van der Waals surface area contributed by atoms with Crippen LogP contribution in [0, 0.1) is 10.1 Å². The Labute approximate surface area is 149 Å². The molecule has 26 heavy (non-hydrogen) atoms. The number of rotatable bonds is 7. The highest BCUT2D eigenvalue weighted by Crippen LogP contribution is 2.10. The number of non-ortho nitro benzene ring substituents is 1. The number of hydrogen-bond acceptors (Lipinski definition) is 5. The molecule has 2 aromatic carbocycles. The summed E-state index contributed by atoms with van der Waals surface area (Å²) < 4.78 is 0. The van der Waals surface area contributed by atoms with E-state index in [0.29, 0.717) is 5.56 Å². The first kappa shape index (κ1) is 18.5. The van der Waals surface area contributed by atoms with Crippen molar-refractivity contribution >= 4 is 29.8 Å². The number of hydrazone groups is 1. The van der Waals surface area contributed by atoms with E-state index in [4.69, 9.17) is 0 Å². The van der Waals surface area contributed by atoms with Crippen LogP contribution in [0.15, 0.2) is 65.8 Å². The largest absolute Gasteiger partial charge is 0.343 e. The molecule has 0 saturated heterocycles. The molecule has 0 heterocycles. The first-order chi connectivity index (χ1) is 12.5. The topological polar surface area (TPSA) is 114 Å². The summed E-state index contributed by atoms with van der Waals surface area (Å²) in [7, 11) is 0. The lowest BCUT2D eigenvalue weighted by molar-refractivity contribution is -0.384. The number of benzene rings is 2. The van der Waals surface area contributed by atoms with Crippen molar-refractivity contribution in [1.29, 1.82) is 0 Å². The van der Waals surface area contributed by atoms with Crippen molar-refractivity contribution in [3.8, 4) is 0 Å². The SMILES string of the molecule is O=C(/C=C/c1ccccc1)NCC(=O)N/N=C\c1ccc([N+](=O)[O-])cc1. The minimum absolute atomic E-state index is 0.0301. The van der Waals surface area contributed by atoms with Crippen molar-refractivity contribution in [2.75, 3.05) is 6.54 Å². The van der Waals surface area contributed by atoms with E-state index in [1.165, 1.54) is 36.6 Å². The monoisotopic (exact) mass is 352 g/mol. The third-order valence-corrected chi connectivity index (χ3v) is 3.16. The van der Waals surface area contributed by atoms with E-state index >= 15 is 0 Å². The minimum atomic E-state index is -0.502. The Morgan fingerprint density at radius 2 is 1.73 bits per heavy atom. The number of carbonyl (C=O) groups excluding carboxylic acids is 2. The highest BCUT2D eigenvalue weighted by atomic mass is 16.6. The summed E-state index contributed by atoms with van der Waals surface area (Å²) in [6.07, 6.45) is 4.32. The zero-order valence-electron chi connectivity index (χ0n) is 13.7. The van der Waals surface area contributed by atoms with E-state index in [1.54, 1.807) is 6.08 Å². The van der Waals surface area contributed by atoms with Crippen LogP contribution >= 0.6 is 0 Å². The molecule has 8 nitrogen and oxygen atoms in total. The molecule has 0 unspecified atom stereocenters. The number of carbonyl (C=O) groups is 2. The van der Waals surface area contributed by atoms with Gasteiger partial charge in [0.1, 0.15) is 0 Å². The van der Waals surface area contributed by atoms with Gasteiger partial charge in [0.2, 0.25) is 5.91 Å². The Morgan fingerprint density at radius 1 is 1.04 bits per heavy atom. The molecule has 2 N–H and O–H groups in total. The Balaban J connectivity index is 1.73. The molecule has 0 aliphatic heterocycles. The summed E-state index contributed by atoms with van der Waals surface area (Å²) in [6.45, 7) is -0.227. The van der Waals surface area contributed by atoms with E-state index in [2.05, 4.69) is 15.8 Å². The number of nitro benzene ring substituents is 1. The van der Waals surface area contributed by atoms with Gasteiger partial charge >= 0.3 is 0 Å². The highest BCUT2D eigenvalue weighted by Gasteiger charge is 2.03. The number of amides is 2. The van der Waals surface area contributed by atoms with Gasteiger partial charge in [0.05, 0.1) is 17.7 Å². The molecule has 132 valence electrons. The molecule has 0 fully saturated rings. The second-order valence-electron chi connectivity index (χ2n) is 5.10. The van der Waals surface area contributed by atoms with Gasteiger partial charge in [0, 0.05) is 18.2 Å². The Hall–Kier alpha value is -3.81. The first-order valence-electron chi connectivity index (χ1n) is 7.62. The van der Waals surface area contributed by atoms with Crippen LogP contribution in [-0.2, 0) is 9.59 Å². The predicted octanol–water partition coefficient (Wildman–Crippen LogP) is 1.87. The van der Waals surface area contributed by atoms with Crippen LogP contribution in [0.5, 0.6) is 0 Å². The molecule has 0 aromatic heterocycles. The second kappa shape index (κ2) is 9.48. The van der Waals surface area contributed by atoms with Gasteiger partial charge in [0.15, 0.2) is 0 Å². The molecule has 0 bridgehead atoms. The van der Waals surface area contributed by atoms with E-state index in [9.17, 15) is 19.7 Å². The number of nitro groups is 1. The molecule has 0 spiro atoms. The van der Waals surface area contributed by atoms with Gasteiger partial charge in [-0.2, -0.15) is 5.10 Å². The molecular weight excluding hydrogens is 336 g/mol. The Kier molecular flexibility index (Phi) is 6.75. The van der Waals surface area contributed by atoms with Gasteiger partial charge in [-0.1, -0.05) is 30.3 Å². The minimum Gasteiger partial charge on any atom is -0.343 e. The fourth-order valence-corrected chi connectivity index (χ4v) is 1.86. The number of nitrogens with one attached hydrogen (secondary N) is 2. The summed E-state index contributed by atoms with van der Waals surface area (Å²) in [5.74, 6) is -0.895. The molecule has 2 amide bonds. The van der Waals surface area contributed by atoms with Crippen molar-refractivity contribution in [3.63, 3.8) is 0 Å². The van der Waals surface area contributed by atoms with Crippen LogP contribution in [0.25, 0.3) is 6.08 Å². The van der Waals surface area contributed by atoms with Gasteiger partial charge in [-0.3, -0.25) is 19.7 Å². The maximum absolute atomic E-state index is 11.6. The Morgan fingerprint density at radius 3 is 2.38 bits per heavy atom. The molecule has 0 aliphatic rings. The van der Waals surface area contributed by atoms with E-state index in [-0.39, 0.29) is 12.2 Å². The van der Waals surface area contributed by atoms with E-state index < -0.39 is 16.7 Å². The lowest BCUT2D eigenvalue weighted by Crippen LogP contribution is -2.34. The number of hydrogen-bond donors (Lipinski definition) is 2. The normalized spacial score (nSPS) is 10.8. The zero-order valence-corrected chi connectivity index (χ0v) is 13.7. The third kappa shape index (κ3) is 6.36. The average Bonchev–Trinajstić information content (AvgIpc) is 2.66. The van der Waals surface area contributed by atoms with Crippen LogP contribution in [0.2, 0.25) is 0 Å². The lowest BCUT2D eigenvalue weighted by Gasteiger charge is -2.01. The van der Waals surface area contributed by atoms with Crippen molar-refractivity contribution < 1.29 is 14.5 Å². The van der Waals surface area contributed by atoms with Crippen molar-refractivity contribution in [3.05, 3.63) is 81.9 Å². The Bertz CT molecular complexity index is 830. The summed E-state index contributed by atoms with van der Waals surface area (Å²) in [5, 5.41) is 16.7. The maximum atomic E-state index is 11.6. The number of nitrogens with zero attached hydrogens (tertiary/aromatic N) is 2. The summed E-state index contributed by atoms with van der Waals surface area (Å²) in [4.78, 5) is 33.3. The molecule has 0 aliphatic carbocycles. The van der Waals surface area contributed by atoms with Crippen molar-refractivity contribution in [1.82, 2.24) is 10.7 Å². The van der Waals surface area contributed by atoms with Gasteiger partial charge in [-0.25, -0.2) is 5.43 Å². The predicted molar refractivity (Wildman–Crippen MR) is 97.3 cm³/mol. The van der Waals surface area contributed by atoms with Crippen LogP contribution in [0.3, 0.4) is 0 Å². The van der Waals surface area contributed by atoms with Gasteiger partial charge in [-0.15, -0.1) is 0 Å². The van der Waals surface area contributed by atoms with Crippen molar-refractivity contribution in [2.24, 2.45) is 5.10 Å². The maximum Gasteiger partial charge on any atom is 0.269 e. The third-order valence-electron chi connectivity index (χ3n) is 3.16. The molecule has 0 radical (unpaired) electrons. The molecular formula is C18H16N4O4. The smallest absolute Gasteiger partial charge is 0.269 e. The quantitative estimate of drug-likeness (QED) is 0.343. The van der Waals surface area contributed by atoms with Crippen LogP contribution in [0.1, 0.15) is 11.1 Å².